The number of aromatic hydroxyl groups is 1. The Bertz CT molecular complexity index is 541. The van der Waals surface area contributed by atoms with Crippen LogP contribution < -0.4 is 0 Å². The molecule has 0 aliphatic heterocycles. The van der Waals surface area contributed by atoms with Crippen LogP contribution in [0.15, 0.2) is 36.4 Å². The molecule has 0 saturated heterocycles. The number of ketones is 1. The lowest BCUT2D eigenvalue weighted by molar-refractivity contribution is 0.0937. The van der Waals surface area contributed by atoms with Gasteiger partial charge < -0.3 is 5.11 Å². The van der Waals surface area contributed by atoms with E-state index in [4.69, 9.17) is 0 Å². The highest BCUT2D eigenvalue weighted by Gasteiger charge is 2.15. The summed E-state index contributed by atoms with van der Waals surface area (Å²) in [7, 11) is 0. The molecule has 0 unspecified atom stereocenters. The Hall–Kier alpha value is -1.83. The third-order valence-electron chi connectivity index (χ3n) is 2.65. The molecule has 16 heavy (non-hydrogen) atoms. The van der Waals surface area contributed by atoms with Crippen molar-refractivity contribution >= 4 is 16.6 Å². The molecule has 2 rings (SSSR count). The zero-order valence-corrected chi connectivity index (χ0v) is 9.40. The van der Waals surface area contributed by atoms with Crippen molar-refractivity contribution in [2.45, 2.75) is 13.8 Å². The van der Waals surface area contributed by atoms with Gasteiger partial charge in [0.05, 0.1) is 5.56 Å². The summed E-state index contributed by atoms with van der Waals surface area (Å²) in [5, 5.41) is 11.7. The number of hydrogen-bond donors (Lipinski definition) is 1. The quantitative estimate of drug-likeness (QED) is 0.778. The minimum Gasteiger partial charge on any atom is -0.507 e. The highest BCUT2D eigenvalue weighted by atomic mass is 16.3. The van der Waals surface area contributed by atoms with Gasteiger partial charge in [-0.1, -0.05) is 38.1 Å². The Kier molecular flexibility index (Phi) is 2.65. The largest absolute Gasteiger partial charge is 0.507 e. The monoisotopic (exact) mass is 214 g/mol. The predicted octanol–water partition coefficient (Wildman–Crippen LogP) is 3.38. The van der Waals surface area contributed by atoms with E-state index in [1.165, 1.54) is 0 Å². The SMILES string of the molecule is CC(C)C(=O)c1cc2ccccc2cc1O. The van der Waals surface area contributed by atoms with Gasteiger partial charge in [0.25, 0.3) is 0 Å². The first-order chi connectivity index (χ1) is 7.59. The number of carbonyl (C=O) groups is 1. The van der Waals surface area contributed by atoms with Gasteiger partial charge in [-0.3, -0.25) is 4.79 Å². The minimum absolute atomic E-state index is 0.0248. The van der Waals surface area contributed by atoms with Crippen molar-refractivity contribution in [1.82, 2.24) is 0 Å². The molecule has 0 atom stereocenters. The predicted molar refractivity (Wildman–Crippen MR) is 64.8 cm³/mol. The molecule has 0 aromatic heterocycles. The second kappa shape index (κ2) is 3.97. The first kappa shape index (κ1) is 10.7. The van der Waals surface area contributed by atoms with Crippen molar-refractivity contribution in [3.8, 4) is 5.75 Å². The zero-order valence-electron chi connectivity index (χ0n) is 9.40. The summed E-state index contributed by atoms with van der Waals surface area (Å²) in [5.74, 6) is -0.0623. The van der Waals surface area contributed by atoms with Crippen molar-refractivity contribution < 1.29 is 9.90 Å². The van der Waals surface area contributed by atoms with Crippen LogP contribution in [0.25, 0.3) is 10.8 Å². The van der Waals surface area contributed by atoms with Crippen LogP contribution in [-0.2, 0) is 0 Å². The molecule has 0 fully saturated rings. The fraction of sp³-hybridized carbons (Fsp3) is 0.214. The number of phenols is 1. The van der Waals surface area contributed by atoms with E-state index in [1.807, 2.05) is 38.1 Å². The van der Waals surface area contributed by atoms with Crippen molar-refractivity contribution in [2.75, 3.05) is 0 Å². The number of rotatable bonds is 2. The van der Waals surface area contributed by atoms with E-state index in [-0.39, 0.29) is 17.5 Å². The average molecular weight is 214 g/mol. The average Bonchev–Trinajstić information content (AvgIpc) is 2.27. The number of hydrogen-bond acceptors (Lipinski definition) is 2. The highest BCUT2D eigenvalue weighted by Crippen LogP contribution is 2.26. The Labute approximate surface area is 94.5 Å². The summed E-state index contributed by atoms with van der Waals surface area (Å²) < 4.78 is 0. The standard InChI is InChI=1S/C14H14O2/c1-9(2)14(16)12-7-10-5-3-4-6-11(10)8-13(12)15/h3-9,15H,1-2H3. The zero-order chi connectivity index (χ0) is 11.7. The molecule has 2 heteroatoms. The molecule has 2 nitrogen and oxygen atoms in total. The van der Waals surface area contributed by atoms with Crippen molar-refractivity contribution in [2.24, 2.45) is 5.92 Å². The van der Waals surface area contributed by atoms with Gasteiger partial charge in [0.1, 0.15) is 5.75 Å². The molecular formula is C14H14O2. The van der Waals surface area contributed by atoms with E-state index in [9.17, 15) is 9.90 Å². The topological polar surface area (TPSA) is 37.3 Å². The van der Waals surface area contributed by atoms with Crippen LogP contribution in [0.2, 0.25) is 0 Å². The van der Waals surface area contributed by atoms with Crippen LogP contribution in [0.5, 0.6) is 5.75 Å². The van der Waals surface area contributed by atoms with Gasteiger partial charge in [-0.05, 0) is 22.9 Å². The molecule has 0 saturated carbocycles. The number of carbonyl (C=O) groups excluding carboxylic acids is 1. The summed E-state index contributed by atoms with van der Waals surface area (Å²) in [4.78, 5) is 11.8. The van der Waals surface area contributed by atoms with Gasteiger partial charge in [0.15, 0.2) is 5.78 Å². The number of Topliss-reactive ketones (excluding diaryl/α,β-unsaturated/α-hetero) is 1. The molecule has 1 N–H and O–H groups in total. The molecule has 0 heterocycles. The molecule has 0 amide bonds. The first-order valence-corrected chi connectivity index (χ1v) is 5.35. The van der Waals surface area contributed by atoms with Crippen LogP contribution >= 0.6 is 0 Å². The lowest BCUT2D eigenvalue weighted by Gasteiger charge is -2.08. The second-order valence-corrected chi connectivity index (χ2v) is 4.24. The lowest BCUT2D eigenvalue weighted by Crippen LogP contribution is -2.07. The highest BCUT2D eigenvalue weighted by molar-refractivity contribution is 6.03. The maximum Gasteiger partial charge on any atom is 0.169 e. The van der Waals surface area contributed by atoms with Gasteiger partial charge in [-0.25, -0.2) is 0 Å². The van der Waals surface area contributed by atoms with Crippen LogP contribution in [-0.4, -0.2) is 10.9 Å². The van der Waals surface area contributed by atoms with Crippen LogP contribution in [0.3, 0.4) is 0 Å². The Balaban J connectivity index is 2.63. The Morgan fingerprint density at radius 3 is 2.25 bits per heavy atom. The smallest absolute Gasteiger partial charge is 0.169 e. The van der Waals surface area contributed by atoms with Gasteiger partial charge >= 0.3 is 0 Å². The molecule has 2 aromatic carbocycles. The van der Waals surface area contributed by atoms with Gasteiger partial charge in [0, 0.05) is 5.92 Å². The summed E-state index contributed by atoms with van der Waals surface area (Å²) in [6.07, 6.45) is 0. The summed E-state index contributed by atoms with van der Waals surface area (Å²) >= 11 is 0. The maximum absolute atomic E-state index is 11.8. The van der Waals surface area contributed by atoms with Crippen LogP contribution in [0, 0.1) is 5.92 Å². The second-order valence-electron chi connectivity index (χ2n) is 4.24. The third-order valence-corrected chi connectivity index (χ3v) is 2.65. The van der Waals surface area contributed by atoms with E-state index in [1.54, 1.807) is 12.1 Å². The maximum atomic E-state index is 11.8. The van der Waals surface area contributed by atoms with Crippen LogP contribution in [0.4, 0.5) is 0 Å². The van der Waals surface area contributed by atoms with Crippen molar-refractivity contribution in [1.29, 1.82) is 0 Å². The Morgan fingerprint density at radius 1 is 1.12 bits per heavy atom. The fourth-order valence-electron chi connectivity index (χ4n) is 1.74. The molecule has 0 aliphatic rings. The minimum atomic E-state index is -0.105. The van der Waals surface area contributed by atoms with Crippen molar-refractivity contribution in [3.63, 3.8) is 0 Å². The summed E-state index contributed by atoms with van der Waals surface area (Å²) in [6.45, 7) is 3.66. The summed E-state index contributed by atoms with van der Waals surface area (Å²) in [5.41, 5.74) is 0.411. The molecule has 82 valence electrons. The van der Waals surface area contributed by atoms with Gasteiger partial charge in [-0.2, -0.15) is 0 Å². The van der Waals surface area contributed by atoms with E-state index >= 15 is 0 Å². The van der Waals surface area contributed by atoms with E-state index < -0.39 is 0 Å². The van der Waals surface area contributed by atoms with Gasteiger partial charge in [-0.15, -0.1) is 0 Å². The van der Waals surface area contributed by atoms with E-state index in [0.29, 0.717) is 5.56 Å². The Morgan fingerprint density at radius 2 is 1.69 bits per heavy atom. The fourth-order valence-corrected chi connectivity index (χ4v) is 1.74. The number of benzene rings is 2. The normalized spacial score (nSPS) is 10.9. The first-order valence-electron chi connectivity index (χ1n) is 5.35. The molecule has 2 aromatic rings. The molecule has 0 radical (unpaired) electrons. The van der Waals surface area contributed by atoms with Crippen molar-refractivity contribution in [3.05, 3.63) is 42.0 Å². The summed E-state index contributed by atoms with van der Waals surface area (Å²) in [6, 6.07) is 11.1. The van der Waals surface area contributed by atoms with Gasteiger partial charge in [0.2, 0.25) is 0 Å². The number of phenolic OH excluding ortho intramolecular Hbond substituents is 1. The third kappa shape index (κ3) is 1.78. The molecule has 0 bridgehead atoms. The lowest BCUT2D eigenvalue weighted by atomic mass is 9.97. The molecular weight excluding hydrogens is 200 g/mol. The van der Waals surface area contributed by atoms with Crippen LogP contribution in [0.1, 0.15) is 24.2 Å². The molecule has 0 aliphatic carbocycles. The van der Waals surface area contributed by atoms with E-state index in [0.717, 1.165) is 10.8 Å². The number of fused-ring (bicyclic) bond motifs is 1. The molecule has 0 spiro atoms. The van der Waals surface area contributed by atoms with E-state index in [2.05, 4.69) is 0 Å².